The maximum atomic E-state index is 12.2. The maximum Gasteiger partial charge on any atom is 0.319 e. The zero-order valence-corrected chi connectivity index (χ0v) is 15.8. The van der Waals surface area contributed by atoms with E-state index < -0.39 is 0 Å². The fourth-order valence-corrected chi connectivity index (χ4v) is 2.58. The van der Waals surface area contributed by atoms with E-state index in [9.17, 15) is 4.79 Å². The van der Waals surface area contributed by atoms with Crippen LogP contribution >= 0.6 is 0 Å². The zero-order valence-electron chi connectivity index (χ0n) is 15.8. The van der Waals surface area contributed by atoms with Gasteiger partial charge in [-0.3, -0.25) is 0 Å². The van der Waals surface area contributed by atoms with Crippen LogP contribution in [-0.4, -0.2) is 38.7 Å². The average Bonchev–Trinajstić information content (AvgIpc) is 2.60. The largest absolute Gasteiger partial charge is 0.493 e. The highest BCUT2D eigenvalue weighted by Gasteiger charge is 2.08. The van der Waals surface area contributed by atoms with Crippen molar-refractivity contribution < 1.29 is 14.3 Å². The van der Waals surface area contributed by atoms with Gasteiger partial charge in [0.2, 0.25) is 0 Å². The number of carbonyl (C=O) groups excluding carboxylic acids is 1. The van der Waals surface area contributed by atoms with Crippen molar-refractivity contribution in [3.8, 4) is 11.5 Å². The van der Waals surface area contributed by atoms with Crippen molar-refractivity contribution >= 4 is 11.7 Å². The second-order valence-electron chi connectivity index (χ2n) is 6.16. The zero-order chi connectivity index (χ0) is 18.9. The molecule has 0 saturated carbocycles. The van der Waals surface area contributed by atoms with Crippen molar-refractivity contribution in [1.29, 1.82) is 0 Å². The molecule has 0 saturated heterocycles. The summed E-state index contributed by atoms with van der Waals surface area (Å²) in [5, 5.41) is 5.69. The number of anilines is 1. The Bertz CT molecular complexity index is 732. The topological polar surface area (TPSA) is 62.8 Å². The number of nitrogens with one attached hydrogen (secondary N) is 2. The van der Waals surface area contributed by atoms with Crippen LogP contribution < -0.4 is 20.1 Å². The minimum Gasteiger partial charge on any atom is -0.493 e. The van der Waals surface area contributed by atoms with Crippen LogP contribution in [0.4, 0.5) is 10.5 Å². The first-order valence-corrected chi connectivity index (χ1v) is 8.60. The van der Waals surface area contributed by atoms with E-state index in [-0.39, 0.29) is 6.03 Å². The second kappa shape index (κ2) is 9.68. The molecule has 140 valence electrons. The molecule has 0 fully saturated rings. The lowest BCUT2D eigenvalue weighted by molar-refractivity contribution is 0.251. The molecule has 6 nitrogen and oxygen atoms in total. The van der Waals surface area contributed by atoms with Gasteiger partial charge in [0.1, 0.15) is 0 Å². The third kappa shape index (κ3) is 5.97. The summed E-state index contributed by atoms with van der Waals surface area (Å²) in [7, 11) is 5.65. The van der Waals surface area contributed by atoms with Crippen molar-refractivity contribution in [2.45, 2.75) is 20.0 Å². The summed E-state index contributed by atoms with van der Waals surface area (Å²) < 4.78 is 10.8. The number of ether oxygens (including phenoxy) is 2. The van der Waals surface area contributed by atoms with Crippen LogP contribution in [0.5, 0.6) is 11.5 Å². The quantitative estimate of drug-likeness (QED) is 0.759. The van der Waals surface area contributed by atoms with Gasteiger partial charge in [0.15, 0.2) is 11.5 Å². The standard InChI is InChI=1S/C20H27N3O3/c1-5-26-19-12-17(9-10-18(19)25-4)22-20(24)21-13-15-7-6-8-16(11-15)14-23(2)3/h6-12H,5,13-14H2,1-4H3,(H2,21,22,24). The summed E-state index contributed by atoms with van der Waals surface area (Å²) in [6.45, 7) is 3.75. The van der Waals surface area contributed by atoms with Crippen LogP contribution in [0.1, 0.15) is 18.1 Å². The van der Waals surface area contributed by atoms with Gasteiger partial charge in [0, 0.05) is 24.8 Å². The number of carbonyl (C=O) groups is 1. The molecule has 0 unspecified atom stereocenters. The number of rotatable bonds is 8. The lowest BCUT2D eigenvalue weighted by atomic mass is 10.1. The Kier molecular flexibility index (Phi) is 7.29. The van der Waals surface area contributed by atoms with Crippen LogP contribution in [0.3, 0.4) is 0 Å². The molecular weight excluding hydrogens is 330 g/mol. The Morgan fingerprint density at radius 3 is 2.54 bits per heavy atom. The Hall–Kier alpha value is -2.73. The lowest BCUT2D eigenvalue weighted by Gasteiger charge is -2.13. The molecule has 0 heterocycles. The highest BCUT2D eigenvalue weighted by atomic mass is 16.5. The highest BCUT2D eigenvalue weighted by Crippen LogP contribution is 2.30. The third-order valence-electron chi connectivity index (χ3n) is 3.66. The summed E-state index contributed by atoms with van der Waals surface area (Å²) in [5.41, 5.74) is 2.92. The summed E-state index contributed by atoms with van der Waals surface area (Å²) in [4.78, 5) is 14.3. The summed E-state index contributed by atoms with van der Waals surface area (Å²) >= 11 is 0. The maximum absolute atomic E-state index is 12.2. The Morgan fingerprint density at radius 1 is 1.08 bits per heavy atom. The Morgan fingerprint density at radius 2 is 1.85 bits per heavy atom. The Balaban J connectivity index is 1.94. The summed E-state index contributed by atoms with van der Waals surface area (Å²) in [5.74, 6) is 1.24. The van der Waals surface area contributed by atoms with Crippen LogP contribution in [0.2, 0.25) is 0 Å². The van der Waals surface area contributed by atoms with Gasteiger partial charge in [-0.2, -0.15) is 0 Å². The second-order valence-corrected chi connectivity index (χ2v) is 6.16. The molecule has 0 bridgehead atoms. The van der Waals surface area contributed by atoms with Gasteiger partial charge in [-0.1, -0.05) is 24.3 Å². The molecule has 2 rings (SSSR count). The molecule has 2 aromatic rings. The fourth-order valence-electron chi connectivity index (χ4n) is 2.58. The van der Waals surface area contributed by atoms with Gasteiger partial charge in [-0.15, -0.1) is 0 Å². The SMILES string of the molecule is CCOc1cc(NC(=O)NCc2cccc(CN(C)C)c2)ccc1OC. The number of nitrogens with zero attached hydrogens (tertiary/aromatic N) is 1. The van der Waals surface area contributed by atoms with Gasteiger partial charge in [0.25, 0.3) is 0 Å². The minimum atomic E-state index is -0.268. The van der Waals surface area contributed by atoms with Gasteiger partial charge < -0.3 is 25.0 Å². The van der Waals surface area contributed by atoms with Gasteiger partial charge in [0.05, 0.1) is 13.7 Å². The first-order valence-electron chi connectivity index (χ1n) is 8.60. The molecule has 0 spiro atoms. The van der Waals surface area contributed by atoms with Gasteiger partial charge >= 0.3 is 6.03 Å². The van der Waals surface area contributed by atoms with Crippen molar-refractivity contribution in [3.05, 3.63) is 53.6 Å². The van der Waals surface area contributed by atoms with E-state index >= 15 is 0 Å². The number of urea groups is 1. The molecule has 2 N–H and O–H groups in total. The van der Waals surface area contributed by atoms with Gasteiger partial charge in [-0.25, -0.2) is 4.79 Å². The monoisotopic (exact) mass is 357 g/mol. The molecule has 26 heavy (non-hydrogen) atoms. The number of amides is 2. The van der Waals surface area contributed by atoms with Crippen LogP contribution in [-0.2, 0) is 13.1 Å². The molecular formula is C20H27N3O3. The molecule has 2 amide bonds. The highest BCUT2D eigenvalue weighted by molar-refractivity contribution is 5.89. The molecule has 0 aromatic heterocycles. The lowest BCUT2D eigenvalue weighted by Crippen LogP contribution is -2.28. The average molecular weight is 357 g/mol. The predicted octanol–water partition coefficient (Wildman–Crippen LogP) is 3.48. The molecule has 0 radical (unpaired) electrons. The van der Waals surface area contributed by atoms with Crippen molar-refractivity contribution in [2.75, 3.05) is 33.1 Å². The number of methoxy groups -OCH3 is 1. The molecule has 6 heteroatoms. The third-order valence-corrected chi connectivity index (χ3v) is 3.66. The van der Waals surface area contributed by atoms with Crippen molar-refractivity contribution in [3.63, 3.8) is 0 Å². The minimum absolute atomic E-state index is 0.268. The summed E-state index contributed by atoms with van der Waals surface area (Å²) in [6, 6.07) is 13.2. The van der Waals surface area contributed by atoms with Gasteiger partial charge in [-0.05, 0) is 44.3 Å². The first-order chi connectivity index (χ1) is 12.5. The normalized spacial score (nSPS) is 10.5. The van der Waals surface area contributed by atoms with Crippen LogP contribution in [0.15, 0.2) is 42.5 Å². The van der Waals surface area contributed by atoms with E-state index in [0.29, 0.717) is 30.3 Å². The number of benzene rings is 2. The smallest absolute Gasteiger partial charge is 0.319 e. The fraction of sp³-hybridized carbons (Fsp3) is 0.350. The van der Waals surface area contributed by atoms with Crippen molar-refractivity contribution in [2.24, 2.45) is 0 Å². The predicted molar refractivity (Wildman–Crippen MR) is 104 cm³/mol. The Labute approximate surface area is 155 Å². The van der Waals surface area contributed by atoms with Crippen molar-refractivity contribution in [1.82, 2.24) is 10.2 Å². The number of hydrogen-bond donors (Lipinski definition) is 2. The van der Waals surface area contributed by atoms with E-state index in [1.165, 1.54) is 5.56 Å². The molecule has 2 aromatic carbocycles. The summed E-state index contributed by atoms with van der Waals surface area (Å²) in [6.07, 6.45) is 0. The van der Waals surface area contributed by atoms with E-state index in [1.54, 1.807) is 25.3 Å². The molecule has 0 aliphatic carbocycles. The van der Waals surface area contributed by atoms with E-state index in [4.69, 9.17) is 9.47 Å². The molecule has 0 aliphatic rings. The number of hydrogen-bond acceptors (Lipinski definition) is 4. The first kappa shape index (κ1) is 19.6. The van der Waals surface area contributed by atoms with E-state index in [2.05, 4.69) is 27.7 Å². The molecule has 0 aliphatic heterocycles. The van der Waals surface area contributed by atoms with Crippen LogP contribution in [0.25, 0.3) is 0 Å². The molecule has 0 atom stereocenters. The van der Waals surface area contributed by atoms with Crippen LogP contribution in [0, 0.1) is 0 Å². The van der Waals surface area contributed by atoms with E-state index in [1.807, 2.05) is 33.2 Å². The van der Waals surface area contributed by atoms with E-state index in [0.717, 1.165) is 12.1 Å².